The van der Waals surface area contributed by atoms with Gasteiger partial charge in [-0.1, -0.05) is 6.58 Å². The molecule has 0 aromatic carbocycles. The minimum Gasteiger partial charge on any atom is -0.491 e. The highest BCUT2D eigenvalue weighted by Gasteiger charge is 2.25. The molecule has 3 heterocycles. The molecule has 0 amide bonds. The lowest BCUT2D eigenvalue weighted by atomic mass is 10.1. The number of nitrogens with zero attached hydrogens (tertiary/aromatic N) is 1. The summed E-state index contributed by atoms with van der Waals surface area (Å²) in [7, 11) is 0. The normalized spacial score (nSPS) is 10.5. The molecule has 3 aromatic rings. The third-order valence-electron chi connectivity index (χ3n) is 3.28. The lowest BCUT2D eigenvalue weighted by Gasteiger charge is -2.06. The largest absolute Gasteiger partial charge is 0.491 e. The highest BCUT2D eigenvalue weighted by Crippen LogP contribution is 2.41. The van der Waals surface area contributed by atoms with Crippen LogP contribution in [0.3, 0.4) is 0 Å². The van der Waals surface area contributed by atoms with Crippen LogP contribution in [0.5, 0.6) is 0 Å². The van der Waals surface area contributed by atoms with Gasteiger partial charge < -0.3 is 18.0 Å². The molecule has 0 fully saturated rings. The molecule has 0 atom stereocenters. The van der Waals surface area contributed by atoms with Crippen LogP contribution >= 0.6 is 11.6 Å². The summed E-state index contributed by atoms with van der Waals surface area (Å²) in [5, 5.41) is 9.02. The Kier molecular flexibility index (Phi) is 4.50. The quantitative estimate of drug-likeness (QED) is 0.566. The van der Waals surface area contributed by atoms with Crippen molar-refractivity contribution in [3.8, 4) is 28.7 Å². The van der Waals surface area contributed by atoms with Gasteiger partial charge >= 0.3 is 0 Å². The van der Waals surface area contributed by atoms with E-state index in [4.69, 9.17) is 34.9 Å². The van der Waals surface area contributed by atoms with Crippen LogP contribution in [0.15, 0.2) is 44.1 Å². The third-order valence-corrected chi connectivity index (χ3v) is 3.49. The second kappa shape index (κ2) is 6.73. The first-order valence-electron chi connectivity index (χ1n) is 7.22. The summed E-state index contributed by atoms with van der Waals surface area (Å²) in [6.07, 6.45) is 2.98. The van der Waals surface area contributed by atoms with E-state index in [1.54, 1.807) is 24.3 Å². The molecule has 0 bridgehead atoms. The van der Waals surface area contributed by atoms with Gasteiger partial charge in [-0.3, -0.25) is 0 Å². The fourth-order valence-electron chi connectivity index (χ4n) is 2.30. The second-order valence-corrected chi connectivity index (χ2v) is 5.22. The van der Waals surface area contributed by atoms with Crippen LogP contribution in [-0.2, 0) is 11.2 Å². The number of halogens is 1. The van der Waals surface area contributed by atoms with Crippen LogP contribution in [0.2, 0.25) is 5.22 Å². The minimum absolute atomic E-state index is 0.179. The summed E-state index contributed by atoms with van der Waals surface area (Å²) in [4.78, 5) is 0. The van der Waals surface area contributed by atoms with Crippen LogP contribution in [0.25, 0.3) is 28.4 Å². The number of hydrogen-bond acceptors (Lipinski definition) is 5. The lowest BCUT2D eigenvalue weighted by Crippen LogP contribution is -1.90. The van der Waals surface area contributed by atoms with Crippen molar-refractivity contribution in [2.45, 2.75) is 13.3 Å². The first kappa shape index (κ1) is 16.0. The smallest absolute Gasteiger partial charge is 0.193 e. The topological polar surface area (TPSA) is 72.4 Å². The number of rotatable bonds is 6. The Bertz CT molecular complexity index is 910. The molecule has 3 aromatic heterocycles. The molecule has 0 N–H and O–H groups in total. The first-order valence-corrected chi connectivity index (χ1v) is 7.60. The first-order chi connectivity index (χ1) is 11.6. The van der Waals surface area contributed by atoms with Gasteiger partial charge in [0.05, 0.1) is 30.2 Å². The summed E-state index contributed by atoms with van der Waals surface area (Å²) in [5.74, 6) is 2.27. The Hall–Kier alpha value is -2.84. The van der Waals surface area contributed by atoms with Gasteiger partial charge in [0, 0.05) is 0 Å². The highest BCUT2D eigenvalue weighted by atomic mass is 35.5. The average Bonchev–Trinajstić information content (AvgIpc) is 3.26. The van der Waals surface area contributed by atoms with E-state index in [-0.39, 0.29) is 11.6 Å². The van der Waals surface area contributed by atoms with E-state index in [9.17, 15) is 0 Å². The van der Waals surface area contributed by atoms with Gasteiger partial charge in [-0.15, -0.1) is 0 Å². The van der Waals surface area contributed by atoms with Crippen molar-refractivity contribution in [3.05, 3.63) is 53.8 Å². The fourth-order valence-corrected chi connectivity index (χ4v) is 2.44. The second-order valence-electron chi connectivity index (χ2n) is 4.84. The van der Waals surface area contributed by atoms with Crippen molar-refractivity contribution in [2.75, 3.05) is 6.61 Å². The number of hydrogen-bond donors (Lipinski definition) is 0. The molecule has 1 radical (unpaired) electrons. The molecular weight excluding hydrogens is 330 g/mol. The van der Waals surface area contributed by atoms with E-state index in [2.05, 4.69) is 12.8 Å². The predicted octanol–water partition coefficient (Wildman–Crippen LogP) is 5.33. The SMILES string of the molecule is C=C(OCC)c1o[c]c(-c2ccc(CC#N)o2)c1-c1ccc(Cl)o1. The van der Waals surface area contributed by atoms with E-state index in [1.807, 2.05) is 13.0 Å². The summed E-state index contributed by atoms with van der Waals surface area (Å²) in [6, 6.07) is 8.86. The van der Waals surface area contributed by atoms with Crippen LogP contribution in [0.1, 0.15) is 18.4 Å². The molecule has 0 aliphatic carbocycles. The zero-order valence-electron chi connectivity index (χ0n) is 12.9. The van der Waals surface area contributed by atoms with Crippen LogP contribution in [0.4, 0.5) is 0 Å². The maximum atomic E-state index is 8.78. The Balaban J connectivity index is 2.12. The summed E-state index contributed by atoms with van der Waals surface area (Å²) < 4.78 is 22.1. The molecule has 0 saturated carbocycles. The Morgan fingerprint density at radius 2 is 2.08 bits per heavy atom. The summed E-state index contributed by atoms with van der Waals surface area (Å²) >= 11 is 5.89. The van der Waals surface area contributed by atoms with Crippen LogP contribution < -0.4 is 0 Å². The van der Waals surface area contributed by atoms with Gasteiger partial charge in [0.15, 0.2) is 23.0 Å². The predicted molar refractivity (Wildman–Crippen MR) is 87.9 cm³/mol. The summed E-state index contributed by atoms with van der Waals surface area (Å²) in [5.41, 5.74) is 1.12. The van der Waals surface area contributed by atoms with Gasteiger partial charge in [0.1, 0.15) is 17.3 Å². The molecule has 5 nitrogen and oxygen atoms in total. The monoisotopic (exact) mass is 342 g/mol. The van der Waals surface area contributed by atoms with Crippen LogP contribution in [-0.4, -0.2) is 6.61 Å². The summed E-state index contributed by atoms with van der Waals surface area (Å²) in [6.45, 7) is 6.16. The minimum atomic E-state index is 0.179. The van der Waals surface area contributed by atoms with Gasteiger partial charge in [-0.2, -0.15) is 5.26 Å². The Morgan fingerprint density at radius 1 is 1.29 bits per heavy atom. The molecule has 0 saturated heterocycles. The van der Waals surface area contributed by atoms with Gasteiger partial charge in [0.25, 0.3) is 0 Å². The Morgan fingerprint density at radius 3 is 2.75 bits per heavy atom. The molecule has 24 heavy (non-hydrogen) atoms. The van der Waals surface area contributed by atoms with Crippen molar-refractivity contribution in [2.24, 2.45) is 0 Å². The zero-order valence-corrected chi connectivity index (χ0v) is 13.6. The molecule has 121 valence electrons. The molecule has 0 unspecified atom stereocenters. The number of furan rings is 3. The lowest BCUT2D eigenvalue weighted by molar-refractivity contribution is 0.288. The maximum absolute atomic E-state index is 8.78. The van der Waals surface area contributed by atoms with Crippen molar-refractivity contribution in [1.29, 1.82) is 5.26 Å². The van der Waals surface area contributed by atoms with Gasteiger partial charge in [-0.25, -0.2) is 0 Å². The Labute approximate surface area is 143 Å². The molecular formula is C18H13ClNO4. The van der Waals surface area contributed by atoms with Crippen molar-refractivity contribution in [1.82, 2.24) is 0 Å². The molecule has 3 rings (SSSR count). The van der Waals surface area contributed by atoms with Crippen molar-refractivity contribution >= 4 is 17.4 Å². The van der Waals surface area contributed by atoms with Crippen LogP contribution in [0, 0.1) is 17.6 Å². The van der Waals surface area contributed by atoms with Crippen molar-refractivity contribution < 1.29 is 18.0 Å². The van der Waals surface area contributed by atoms with E-state index < -0.39 is 0 Å². The number of nitriles is 1. The van der Waals surface area contributed by atoms with E-state index in [0.29, 0.717) is 46.5 Å². The van der Waals surface area contributed by atoms with Gasteiger partial charge in [-0.05, 0) is 42.8 Å². The molecule has 6 heteroatoms. The third kappa shape index (κ3) is 2.97. The molecule has 0 spiro atoms. The zero-order chi connectivity index (χ0) is 17.1. The van der Waals surface area contributed by atoms with Crippen molar-refractivity contribution in [3.63, 3.8) is 0 Å². The molecule has 0 aliphatic heterocycles. The van der Waals surface area contributed by atoms with E-state index in [1.165, 1.54) is 0 Å². The highest BCUT2D eigenvalue weighted by molar-refractivity contribution is 6.29. The fraction of sp³-hybridized carbons (Fsp3) is 0.167. The average molecular weight is 343 g/mol. The maximum Gasteiger partial charge on any atom is 0.193 e. The molecule has 0 aliphatic rings. The van der Waals surface area contributed by atoms with E-state index in [0.717, 1.165) is 0 Å². The standard InChI is InChI=1S/C18H13ClNO4/c1-3-21-11(2)18-17(15-6-7-16(19)24-15)13(10-22-18)14-5-4-12(23-14)8-9-20/h4-7H,2-3,8H2,1H3. The van der Waals surface area contributed by atoms with Gasteiger partial charge in [0.2, 0.25) is 0 Å². The number of ether oxygens (including phenoxy) is 1. The van der Waals surface area contributed by atoms with E-state index >= 15 is 0 Å².